The Morgan fingerprint density at radius 3 is 2.64 bits per heavy atom. The fourth-order valence-corrected chi connectivity index (χ4v) is 1.12. The first-order valence-corrected chi connectivity index (χ1v) is 4.70. The molecule has 1 aromatic rings. The van der Waals surface area contributed by atoms with Crippen molar-refractivity contribution >= 4 is 5.97 Å². The number of carbonyl (C=O) groups excluding carboxylic acids is 1. The number of nitrogens with two attached hydrogens (primary N) is 1. The standard InChI is InChI=1S/C11H15NO2/c1-9(7-8-12)14-11(13)10-5-3-2-4-6-10/h2-6,9H,7-8,12H2,1H3. The zero-order chi connectivity index (χ0) is 10.4. The molecule has 0 heterocycles. The Kier molecular flexibility index (Phi) is 4.13. The van der Waals surface area contributed by atoms with Gasteiger partial charge in [0, 0.05) is 0 Å². The summed E-state index contributed by atoms with van der Waals surface area (Å²) in [5, 5.41) is 0. The molecule has 76 valence electrons. The third-order valence-electron chi connectivity index (χ3n) is 1.89. The molecule has 0 aliphatic rings. The van der Waals surface area contributed by atoms with Crippen molar-refractivity contribution in [2.75, 3.05) is 6.54 Å². The third kappa shape index (κ3) is 3.18. The zero-order valence-corrected chi connectivity index (χ0v) is 8.27. The van der Waals surface area contributed by atoms with Crippen molar-refractivity contribution in [3.8, 4) is 0 Å². The minimum Gasteiger partial charge on any atom is -0.459 e. The van der Waals surface area contributed by atoms with E-state index in [1.165, 1.54) is 0 Å². The van der Waals surface area contributed by atoms with Crippen LogP contribution in [0.2, 0.25) is 0 Å². The molecule has 14 heavy (non-hydrogen) atoms. The average Bonchev–Trinajstić information content (AvgIpc) is 2.19. The molecule has 0 bridgehead atoms. The van der Waals surface area contributed by atoms with E-state index in [4.69, 9.17) is 10.5 Å². The summed E-state index contributed by atoms with van der Waals surface area (Å²) >= 11 is 0. The SMILES string of the molecule is CC(CCN)OC(=O)c1ccccc1. The summed E-state index contributed by atoms with van der Waals surface area (Å²) < 4.78 is 5.16. The van der Waals surface area contributed by atoms with Crippen molar-refractivity contribution in [1.29, 1.82) is 0 Å². The smallest absolute Gasteiger partial charge is 0.338 e. The van der Waals surface area contributed by atoms with Gasteiger partial charge in [-0.1, -0.05) is 18.2 Å². The Balaban J connectivity index is 2.51. The minimum atomic E-state index is -0.286. The van der Waals surface area contributed by atoms with Gasteiger partial charge in [-0.25, -0.2) is 4.79 Å². The fraction of sp³-hybridized carbons (Fsp3) is 0.364. The van der Waals surface area contributed by atoms with E-state index in [1.807, 2.05) is 25.1 Å². The maximum atomic E-state index is 11.5. The number of esters is 1. The Morgan fingerprint density at radius 2 is 2.07 bits per heavy atom. The lowest BCUT2D eigenvalue weighted by atomic mass is 10.2. The number of benzene rings is 1. The molecule has 0 aliphatic heterocycles. The second-order valence-electron chi connectivity index (χ2n) is 3.16. The normalized spacial score (nSPS) is 12.1. The lowest BCUT2D eigenvalue weighted by molar-refractivity contribution is 0.0330. The largest absolute Gasteiger partial charge is 0.459 e. The molecule has 3 heteroatoms. The molecule has 1 unspecified atom stereocenters. The van der Waals surface area contributed by atoms with Gasteiger partial charge in [0.2, 0.25) is 0 Å². The highest BCUT2D eigenvalue weighted by molar-refractivity contribution is 5.89. The van der Waals surface area contributed by atoms with E-state index < -0.39 is 0 Å². The first-order valence-electron chi connectivity index (χ1n) is 4.70. The molecule has 0 aliphatic carbocycles. The van der Waals surface area contributed by atoms with Crippen LogP contribution < -0.4 is 5.73 Å². The third-order valence-corrected chi connectivity index (χ3v) is 1.89. The summed E-state index contributed by atoms with van der Waals surface area (Å²) in [6, 6.07) is 8.95. The maximum Gasteiger partial charge on any atom is 0.338 e. The van der Waals surface area contributed by atoms with Gasteiger partial charge < -0.3 is 10.5 Å². The monoisotopic (exact) mass is 193 g/mol. The summed E-state index contributed by atoms with van der Waals surface area (Å²) in [6.45, 7) is 2.37. The van der Waals surface area contributed by atoms with Crippen LogP contribution in [0, 0.1) is 0 Å². The van der Waals surface area contributed by atoms with Gasteiger partial charge in [0.15, 0.2) is 0 Å². The van der Waals surface area contributed by atoms with Gasteiger partial charge >= 0.3 is 5.97 Å². The second kappa shape index (κ2) is 5.40. The van der Waals surface area contributed by atoms with Crippen LogP contribution in [0.3, 0.4) is 0 Å². The van der Waals surface area contributed by atoms with Gasteiger partial charge in [-0.05, 0) is 32.0 Å². The van der Waals surface area contributed by atoms with Crippen LogP contribution in [0.5, 0.6) is 0 Å². The first kappa shape index (κ1) is 10.7. The van der Waals surface area contributed by atoms with Crippen LogP contribution in [0.15, 0.2) is 30.3 Å². The molecule has 1 aromatic carbocycles. The van der Waals surface area contributed by atoms with E-state index in [0.717, 1.165) is 0 Å². The molecule has 0 saturated heterocycles. The fourth-order valence-electron chi connectivity index (χ4n) is 1.12. The molecular weight excluding hydrogens is 178 g/mol. The lowest BCUT2D eigenvalue weighted by Crippen LogP contribution is -2.18. The van der Waals surface area contributed by atoms with E-state index in [-0.39, 0.29) is 12.1 Å². The number of hydrogen-bond donors (Lipinski definition) is 1. The van der Waals surface area contributed by atoms with Crippen molar-refractivity contribution < 1.29 is 9.53 Å². The van der Waals surface area contributed by atoms with Gasteiger partial charge in [-0.15, -0.1) is 0 Å². The van der Waals surface area contributed by atoms with Crippen LogP contribution >= 0.6 is 0 Å². The number of rotatable bonds is 4. The topological polar surface area (TPSA) is 52.3 Å². The molecule has 0 amide bonds. The molecular formula is C11H15NO2. The first-order chi connectivity index (χ1) is 6.74. The summed E-state index contributed by atoms with van der Waals surface area (Å²) in [6.07, 6.45) is 0.575. The molecule has 0 spiro atoms. The maximum absolute atomic E-state index is 11.5. The van der Waals surface area contributed by atoms with Gasteiger partial charge in [0.25, 0.3) is 0 Å². The second-order valence-corrected chi connectivity index (χ2v) is 3.16. The predicted octanol–water partition coefficient (Wildman–Crippen LogP) is 1.58. The van der Waals surface area contributed by atoms with E-state index in [0.29, 0.717) is 18.5 Å². The van der Waals surface area contributed by atoms with Crippen LogP contribution in [0.1, 0.15) is 23.7 Å². The molecule has 0 saturated carbocycles. The van der Waals surface area contributed by atoms with Crippen molar-refractivity contribution in [3.05, 3.63) is 35.9 Å². The number of ether oxygens (including phenoxy) is 1. The molecule has 3 nitrogen and oxygen atoms in total. The van der Waals surface area contributed by atoms with Crippen molar-refractivity contribution in [2.24, 2.45) is 5.73 Å². The Bertz CT molecular complexity index is 285. The Hall–Kier alpha value is -1.35. The highest BCUT2D eigenvalue weighted by Gasteiger charge is 2.10. The highest BCUT2D eigenvalue weighted by atomic mass is 16.5. The van der Waals surface area contributed by atoms with Crippen LogP contribution in [0.4, 0.5) is 0 Å². The molecule has 1 atom stereocenters. The van der Waals surface area contributed by atoms with Crippen LogP contribution in [0.25, 0.3) is 0 Å². The van der Waals surface area contributed by atoms with Crippen LogP contribution in [-0.2, 0) is 4.74 Å². The number of hydrogen-bond acceptors (Lipinski definition) is 3. The molecule has 0 aromatic heterocycles. The van der Waals surface area contributed by atoms with E-state index in [9.17, 15) is 4.79 Å². The molecule has 2 N–H and O–H groups in total. The Morgan fingerprint density at radius 1 is 1.43 bits per heavy atom. The van der Waals surface area contributed by atoms with Gasteiger partial charge in [-0.3, -0.25) is 0 Å². The van der Waals surface area contributed by atoms with Gasteiger partial charge in [0.05, 0.1) is 5.56 Å². The van der Waals surface area contributed by atoms with E-state index in [1.54, 1.807) is 12.1 Å². The van der Waals surface area contributed by atoms with Crippen molar-refractivity contribution in [1.82, 2.24) is 0 Å². The molecule has 1 rings (SSSR count). The van der Waals surface area contributed by atoms with Gasteiger partial charge in [0.1, 0.15) is 6.10 Å². The molecule has 0 radical (unpaired) electrons. The summed E-state index contributed by atoms with van der Waals surface area (Å²) in [4.78, 5) is 11.5. The highest BCUT2D eigenvalue weighted by Crippen LogP contribution is 2.04. The predicted molar refractivity (Wildman–Crippen MR) is 55.0 cm³/mol. The summed E-state index contributed by atoms with van der Waals surface area (Å²) in [5.41, 5.74) is 5.93. The summed E-state index contributed by atoms with van der Waals surface area (Å²) in [5.74, 6) is -0.286. The lowest BCUT2D eigenvalue weighted by Gasteiger charge is -2.11. The van der Waals surface area contributed by atoms with E-state index >= 15 is 0 Å². The molecule has 0 fully saturated rings. The van der Waals surface area contributed by atoms with Crippen molar-refractivity contribution in [2.45, 2.75) is 19.4 Å². The van der Waals surface area contributed by atoms with Crippen molar-refractivity contribution in [3.63, 3.8) is 0 Å². The van der Waals surface area contributed by atoms with Gasteiger partial charge in [-0.2, -0.15) is 0 Å². The average molecular weight is 193 g/mol. The Labute approximate surface area is 83.9 Å². The quantitative estimate of drug-likeness (QED) is 0.738. The van der Waals surface area contributed by atoms with Crippen LogP contribution in [-0.4, -0.2) is 18.6 Å². The minimum absolute atomic E-state index is 0.118. The van der Waals surface area contributed by atoms with E-state index in [2.05, 4.69) is 0 Å². The zero-order valence-electron chi connectivity index (χ0n) is 8.27. The summed E-state index contributed by atoms with van der Waals surface area (Å²) in [7, 11) is 0. The number of carbonyl (C=O) groups is 1.